The Balaban J connectivity index is 2.07. The average Bonchev–Trinajstić information content (AvgIpc) is 2.62. The zero-order chi connectivity index (χ0) is 18.1. The molecule has 2 aromatic carbocycles. The van der Waals surface area contributed by atoms with Crippen LogP contribution in [0.2, 0.25) is 0 Å². The highest BCUT2D eigenvalue weighted by Gasteiger charge is 2.16. The van der Waals surface area contributed by atoms with E-state index < -0.39 is 12.0 Å². The van der Waals surface area contributed by atoms with E-state index in [1.54, 1.807) is 6.92 Å². The van der Waals surface area contributed by atoms with Crippen LogP contribution in [0.5, 0.6) is 11.5 Å². The number of esters is 1. The molecule has 0 aliphatic rings. The van der Waals surface area contributed by atoms with Crippen molar-refractivity contribution in [3.8, 4) is 11.5 Å². The first-order valence-corrected chi connectivity index (χ1v) is 8.48. The molecule has 2 aromatic rings. The zero-order valence-corrected chi connectivity index (χ0v) is 14.7. The lowest BCUT2D eigenvalue weighted by Gasteiger charge is -2.15. The van der Waals surface area contributed by atoms with Crippen LogP contribution in [0, 0.1) is 0 Å². The van der Waals surface area contributed by atoms with Crippen LogP contribution in [0.1, 0.15) is 25.0 Å². The third-order valence-corrected chi connectivity index (χ3v) is 3.59. The summed E-state index contributed by atoms with van der Waals surface area (Å²) >= 11 is 0. The summed E-state index contributed by atoms with van der Waals surface area (Å²) in [6, 6.07) is 14.8. The zero-order valence-electron chi connectivity index (χ0n) is 14.7. The van der Waals surface area contributed by atoms with Crippen LogP contribution in [0.4, 0.5) is 0 Å². The maximum atomic E-state index is 11.7. The van der Waals surface area contributed by atoms with Crippen LogP contribution < -0.4 is 15.2 Å². The molecule has 1 unspecified atom stereocenters. The molecule has 2 N–H and O–H groups in total. The van der Waals surface area contributed by atoms with Gasteiger partial charge >= 0.3 is 5.97 Å². The fraction of sp³-hybridized carbons (Fsp3) is 0.350. The number of hydrogen-bond acceptors (Lipinski definition) is 5. The molecule has 0 saturated heterocycles. The molecule has 0 spiro atoms. The fourth-order valence-electron chi connectivity index (χ4n) is 2.39. The maximum absolute atomic E-state index is 11.7. The molecule has 0 amide bonds. The molecule has 0 radical (unpaired) electrons. The summed E-state index contributed by atoms with van der Waals surface area (Å²) in [4.78, 5) is 11.7. The van der Waals surface area contributed by atoms with Crippen molar-refractivity contribution in [2.45, 2.75) is 32.9 Å². The Morgan fingerprint density at radius 2 is 1.72 bits per heavy atom. The van der Waals surface area contributed by atoms with Gasteiger partial charge in [-0.25, -0.2) is 0 Å². The summed E-state index contributed by atoms with van der Waals surface area (Å²) in [7, 11) is 0. The van der Waals surface area contributed by atoms with Gasteiger partial charge in [0.05, 0.1) is 13.2 Å². The van der Waals surface area contributed by atoms with Crippen LogP contribution in [-0.4, -0.2) is 25.2 Å². The molecule has 0 aromatic heterocycles. The van der Waals surface area contributed by atoms with Crippen LogP contribution in [-0.2, 0) is 22.6 Å². The SMILES string of the molecule is CCOC(=O)C(N)Cc1ccc(OCc2ccccc2)c(OCC)c1. The van der Waals surface area contributed by atoms with Crippen molar-refractivity contribution in [3.63, 3.8) is 0 Å². The van der Waals surface area contributed by atoms with Gasteiger partial charge in [-0.2, -0.15) is 0 Å². The summed E-state index contributed by atoms with van der Waals surface area (Å²) in [6.45, 7) is 4.98. The van der Waals surface area contributed by atoms with Crippen molar-refractivity contribution in [2.24, 2.45) is 5.73 Å². The first-order chi connectivity index (χ1) is 12.1. The van der Waals surface area contributed by atoms with E-state index in [0.29, 0.717) is 37.7 Å². The Morgan fingerprint density at radius 3 is 2.40 bits per heavy atom. The van der Waals surface area contributed by atoms with Gasteiger partial charge in [0.15, 0.2) is 11.5 Å². The van der Waals surface area contributed by atoms with Crippen LogP contribution in [0.3, 0.4) is 0 Å². The number of carbonyl (C=O) groups excluding carboxylic acids is 1. The molecular weight excluding hydrogens is 318 g/mol. The Kier molecular flexibility index (Phi) is 7.29. The Bertz CT molecular complexity index is 673. The van der Waals surface area contributed by atoms with Gasteiger partial charge in [0, 0.05) is 0 Å². The van der Waals surface area contributed by atoms with E-state index in [0.717, 1.165) is 11.1 Å². The number of hydrogen-bond donors (Lipinski definition) is 1. The van der Waals surface area contributed by atoms with E-state index >= 15 is 0 Å². The molecule has 0 fully saturated rings. The summed E-state index contributed by atoms with van der Waals surface area (Å²) in [5, 5.41) is 0. The second-order valence-corrected chi connectivity index (χ2v) is 5.55. The van der Waals surface area contributed by atoms with Crippen LogP contribution in [0.15, 0.2) is 48.5 Å². The largest absolute Gasteiger partial charge is 0.490 e. The minimum atomic E-state index is -0.689. The Morgan fingerprint density at radius 1 is 0.960 bits per heavy atom. The summed E-state index contributed by atoms with van der Waals surface area (Å²) < 4.78 is 16.5. The third kappa shape index (κ3) is 5.80. The lowest BCUT2D eigenvalue weighted by molar-refractivity contribution is -0.144. The maximum Gasteiger partial charge on any atom is 0.323 e. The number of benzene rings is 2. The fourth-order valence-corrected chi connectivity index (χ4v) is 2.39. The first-order valence-electron chi connectivity index (χ1n) is 8.48. The lowest BCUT2D eigenvalue weighted by atomic mass is 10.1. The van der Waals surface area contributed by atoms with Crippen molar-refractivity contribution in [1.29, 1.82) is 0 Å². The molecule has 0 saturated carbocycles. The molecular formula is C20H25NO4. The topological polar surface area (TPSA) is 70.8 Å². The summed E-state index contributed by atoms with van der Waals surface area (Å²) in [6.07, 6.45) is 0.387. The smallest absolute Gasteiger partial charge is 0.323 e. The summed E-state index contributed by atoms with van der Waals surface area (Å²) in [5.41, 5.74) is 7.87. The number of carbonyl (C=O) groups is 1. The van der Waals surface area contributed by atoms with Crippen LogP contribution in [0.25, 0.3) is 0 Å². The van der Waals surface area contributed by atoms with Crippen LogP contribution >= 0.6 is 0 Å². The number of ether oxygens (including phenoxy) is 3. The number of rotatable bonds is 9. The molecule has 5 nitrogen and oxygen atoms in total. The highest BCUT2D eigenvalue weighted by atomic mass is 16.5. The second kappa shape index (κ2) is 9.69. The quantitative estimate of drug-likeness (QED) is 0.709. The Hall–Kier alpha value is -2.53. The van der Waals surface area contributed by atoms with E-state index in [1.165, 1.54) is 0 Å². The molecule has 2 rings (SSSR count). The van der Waals surface area contributed by atoms with E-state index in [2.05, 4.69) is 0 Å². The molecule has 5 heteroatoms. The van der Waals surface area contributed by atoms with E-state index in [9.17, 15) is 4.79 Å². The highest BCUT2D eigenvalue weighted by Crippen LogP contribution is 2.29. The molecule has 25 heavy (non-hydrogen) atoms. The Labute approximate surface area is 148 Å². The highest BCUT2D eigenvalue weighted by molar-refractivity contribution is 5.75. The molecule has 134 valence electrons. The molecule has 0 aliphatic carbocycles. The van der Waals surface area contributed by atoms with E-state index in [1.807, 2.05) is 55.5 Å². The van der Waals surface area contributed by atoms with E-state index in [-0.39, 0.29) is 0 Å². The van der Waals surface area contributed by atoms with Crippen molar-refractivity contribution >= 4 is 5.97 Å². The van der Waals surface area contributed by atoms with Crippen molar-refractivity contribution < 1.29 is 19.0 Å². The van der Waals surface area contributed by atoms with Crippen molar-refractivity contribution in [1.82, 2.24) is 0 Å². The van der Waals surface area contributed by atoms with E-state index in [4.69, 9.17) is 19.9 Å². The minimum absolute atomic E-state index is 0.322. The van der Waals surface area contributed by atoms with Gasteiger partial charge in [-0.3, -0.25) is 4.79 Å². The lowest BCUT2D eigenvalue weighted by Crippen LogP contribution is -2.34. The molecule has 0 aliphatic heterocycles. The monoisotopic (exact) mass is 343 g/mol. The normalized spacial score (nSPS) is 11.6. The molecule has 1 atom stereocenters. The van der Waals surface area contributed by atoms with Gasteiger partial charge in [0.25, 0.3) is 0 Å². The third-order valence-electron chi connectivity index (χ3n) is 3.59. The van der Waals surface area contributed by atoms with Gasteiger partial charge in [0.2, 0.25) is 0 Å². The van der Waals surface area contributed by atoms with Gasteiger partial charge in [-0.1, -0.05) is 36.4 Å². The van der Waals surface area contributed by atoms with Gasteiger partial charge in [-0.05, 0) is 43.5 Å². The first kappa shape index (κ1) is 18.8. The van der Waals surface area contributed by atoms with Crippen molar-refractivity contribution in [2.75, 3.05) is 13.2 Å². The van der Waals surface area contributed by atoms with Gasteiger partial charge in [0.1, 0.15) is 12.6 Å². The second-order valence-electron chi connectivity index (χ2n) is 5.55. The predicted molar refractivity (Wildman–Crippen MR) is 96.7 cm³/mol. The predicted octanol–water partition coefficient (Wildman–Crippen LogP) is 3.10. The molecule has 0 heterocycles. The standard InChI is InChI=1S/C20H25NO4/c1-3-23-19-13-16(12-17(21)20(22)24-4-2)10-11-18(19)25-14-15-8-6-5-7-9-15/h5-11,13,17H,3-4,12,14,21H2,1-2H3. The van der Waals surface area contributed by atoms with Crippen molar-refractivity contribution in [3.05, 3.63) is 59.7 Å². The molecule has 0 bridgehead atoms. The van der Waals surface area contributed by atoms with Gasteiger partial charge < -0.3 is 19.9 Å². The average molecular weight is 343 g/mol. The summed E-state index contributed by atoms with van der Waals surface area (Å²) in [5.74, 6) is 0.913. The number of nitrogens with two attached hydrogens (primary N) is 1. The van der Waals surface area contributed by atoms with Gasteiger partial charge in [-0.15, -0.1) is 0 Å². The minimum Gasteiger partial charge on any atom is -0.490 e.